The van der Waals surface area contributed by atoms with Crippen molar-refractivity contribution in [2.75, 3.05) is 19.8 Å². The fourth-order valence-electron chi connectivity index (χ4n) is 2.44. The molecule has 4 nitrogen and oxygen atoms in total. The number of carboxylic acid groups (broad SMARTS) is 1. The lowest BCUT2D eigenvalue weighted by Gasteiger charge is -2.37. The molecule has 0 aliphatic carbocycles. The lowest BCUT2D eigenvalue weighted by atomic mass is 10.0. The summed E-state index contributed by atoms with van der Waals surface area (Å²) in [5.41, 5.74) is 1.00. The normalized spacial score (nSPS) is 22.1. The molecule has 2 rings (SSSR count). The van der Waals surface area contributed by atoms with Crippen LogP contribution in [-0.2, 0) is 16.0 Å². The Bertz CT molecular complexity index is 435. The molecule has 1 aliphatic rings. The zero-order chi connectivity index (χ0) is 13.8. The number of rotatable bonds is 4. The molecule has 0 bridgehead atoms. The van der Waals surface area contributed by atoms with Crippen molar-refractivity contribution in [2.24, 2.45) is 0 Å². The van der Waals surface area contributed by atoms with Crippen molar-refractivity contribution < 1.29 is 19.0 Å². The first kappa shape index (κ1) is 14.0. The summed E-state index contributed by atoms with van der Waals surface area (Å²) in [4.78, 5) is 13.1. The molecule has 0 aromatic heterocycles. The van der Waals surface area contributed by atoms with E-state index in [2.05, 4.69) is 0 Å². The van der Waals surface area contributed by atoms with E-state index < -0.39 is 12.0 Å². The van der Waals surface area contributed by atoms with Gasteiger partial charge in [0.15, 0.2) is 0 Å². The first-order valence-corrected chi connectivity index (χ1v) is 6.38. The molecule has 1 aliphatic heterocycles. The maximum atomic E-state index is 12.8. The van der Waals surface area contributed by atoms with Crippen LogP contribution < -0.4 is 0 Å². The average molecular weight is 267 g/mol. The highest BCUT2D eigenvalue weighted by atomic mass is 19.1. The summed E-state index contributed by atoms with van der Waals surface area (Å²) >= 11 is 0. The van der Waals surface area contributed by atoms with E-state index in [1.165, 1.54) is 12.1 Å². The average Bonchev–Trinajstić information content (AvgIpc) is 2.41. The van der Waals surface area contributed by atoms with Gasteiger partial charge in [0.05, 0.1) is 13.2 Å². The largest absolute Gasteiger partial charge is 0.480 e. The Balaban J connectivity index is 2.03. The summed E-state index contributed by atoms with van der Waals surface area (Å²) in [6.45, 7) is 3.38. The molecule has 1 saturated heterocycles. The number of carboxylic acids is 1. The molecular weight excluding hydrogens is 249 g/mol. The van der Waals surface area contributed by atoms with Gasteiger partial charge in [-0.2, -0.15) is 0 Å². The van der Waals surface area contributed by atoms with Gasteiger partial charge in [-0.25, -0.2) is 4.39 Å². The van der Waals surface area contributed by atoms with Crippen LogP contribution in [0.25, 0.3) is 0 Å². The molecule has 0 spiro atoms. The smallest absolute Gasteiger partial charge is 0.323 e. The highest BCUT2D eigenvalue weighted by Gasteiger charge is 2.32. The van der Waals surface area contributed by atoms with E-state index in [4.69, 9.17) is 4.74 Å². The molecule has 1 aromatic rings. The van der Waals surface area contributed by atoms with Gasteiger partial charge in [0.2, 0.25) is 0 Å². The standard InChI is InChI=1S/C14H18FNO3/c1-10(8-11-2-4-12(15)5-3-11)16-6-7-19-9-13(16)14(17)18/h2-5,10,13H,6-9H2,1H3,(H,17,18). The Morgan fingerprint density at radius 3 is 2.84 bits per heavy atom. The third-order valence-electron chi connectivity index (χ3n) is 3.47. The summed E-state index contributed by atoms with van der Waals surface area (Å²) in [6.07, 6.45) is 0.698. The van der Waals surface area contributed by atoms with Crippen molar-refractivity contribution in [3.05, 3.63) is 35.6 Å². The molecule has 1 heterocycles. The summed E-state index contributed by atoms with van der Waals surface area (Å²) in [7, 11) is 0. The number of nitrogens with zero attached hydrogens (tertiary/aromatic N) is 1. The zero-order valence-corrected chi connectivity index (χ0v) is 10.9. The lowest BCUT2D eigenvalue weighted by molar-refractivity contribution is -0.151. The van der Waals surface area contributed by atoms with Crippen LogP contribution in [0.4, 0.5) is 4.39 Å². The SMILES string of the molecule is CC(Cc1ccc(F)cc1)N1CCOCC1C(=O)O. The fraction of sp³-hybridized carbons (Fsp3) is 0.500. The number of carbonyl (C=O) groups is 1. The fourth-order valence-corrected chi connectivity index (χ4v) is 2.44. The summed E-state index contributed by atoms with van der Waals surface area (Å²) < 4.78 is 18.1. The van der Waals surface area contributed by atoms with E-state index in [1.54, 1.807) is 12.1 Å². The van der Waals surface area contributed by atoms with Crippen molar-refractivity contribution >= 4 is 5.97 Å². The molecule has 0 saturated carbocycles. The maximum Gasteiger partial charge on any atom is 0.323 e. The highest BCUT2D eigenvalue weighted by molar-refractivity contribution is 5.73. The molecule has 1 fully saturated rings. The van der Waals surface area contributed by atoms with Crippen molar-refractivity contribution in [1.29, 1.82) is 0 Å². The van der Waals surface area contributed by atoms with Crippen molar-refractivity contribution in [2.45, 2.75) is 25.4 Å². The van der Waals surface area contributed by atoms with E-state index in [0.717, 1.165) is 5.56 Å². The summed E-state index contributed by atoms with van der Waals surface area (Å²) in [5.74, 6) is -1.11. The van der Waals surface area contributed by atoms with E-state index in [9.17, 15) is 14.3 Å². The second kappa shape index (κ2) is 6.12. The topological polar surface area (TPSA) is 49.8 Å². The minimum absolute atomic E-state index is 0.0791. The van der Waals surface area contributed by atoms with Crippen molar-refractivity contribution in [3.63, 3.8) is 0 Å². The van der Waals surface area contributed by atoms with Crippen molar-refractivity contribution in [1.82, 2.24) is 4.90 Å². The minimum atomic E-state index is -0.856. The molecule has 5 heteroatoms. The predicted octanol–water partition coefficient (Wildman–Crippen LogP) is 1.54. The molecule has 1 N–H and O–H groups in total. The molecule has 2 atom stereocenters. The van der Waals surface area contributed by atoms with Crippen LogP contribution >= 0.6 is 0 Å². The Hall–Kier alpha value is -1.46. The van der Waals surface area contributed by atoms with Gasteiger partial charge in [-0.15, -0.1) is 0 Å². The lowest BCUT2D eigenvalue weighted by Crippen LogP contribution is -2.54. The molecule has 0 radical (unpaired) electrons. The van der Waals surface area contributed by atoms with Crippen LogP contribution in [0.2, 0.25) is 0 Å². The second-order valence-corrected chi connectivity index (χ2v) is 4.85. The van der Waals surface area contributed by atoms with Crippen LogP contribution in [0, 0.1) is 5.82 Å². The van der Waals surface area contributed by atoms with Gasteiger partial charge >= 0.3 is 5.97 Å². The second-order valence-electron chi connectivity index (χ2n) is 4.85. The quantitative estimate of drug-likeness (QED) is 0.899. The molecule has 2 unspecified atom stereocenters. The van der Waals surface area contributed by atoms with Crippen LogP contribution in [0.3, 0.4) is 0 Å². The molecular formula is C14H18FNO3. The van der Waals surface area contributed by atoms with Gasteiger partial charge in [0.25, 0.3) is 0 Å². The molecule has 0 amide bonds. The van der Waals surface area contributed by atoms with Gasteiger partial charge in [0.1, 0.15) is 11.9 Å². The van der Waals surface area contributed by atoms with Gasteiger partial charge in [-0.05, 0) is 31.0 Å². The van der Waals surface area contributed by atoms with Gasteiger partial charge in [0, 0.05) is 12.6 Å². The number of hydrogen-bond acceptors (Lipinski definition) is 3. The Labute approximate surface area is 111 Å². The van der Waals surface area contributed by atoms with E-state index >= 15 is 0 Å². The molecule has 19 heavy (non-hydrogen) atoms. The predicted molar refractivity (Wildman–Crippen MR) is 68.5 cm³/mol. The third kappa shape index (κ3) is 3.52. The van der Waals surface area contributed by atoms with Crippen molar-refractivity contribution in [3.8, 4) is 0 Å². The highest BCUT2D eigenvalue weighted by Crippen LogP contribution is 2.16. The van der Waals surface area contributed by atoms with E-state index in [0.29, 0.717) is 19.6 Å². The molecule has 104 valence electrons. The monoisotopic (exact) mass is 267 g/mol. The Kier molecular flexibility index (Phi) is 4.50. The van der Waals surface area contributed by atoms with Gasteiger partial charge in [-0.1, -0.05) is 12.1 Å². The zero-order valence-electron chi connectivity index (χ0n) is 10.9. The van der Waals surface area contributed by atoms with Gasteiger partial charge < -0.3 is 9.84 Å². The minimum Gasteiger partial charge on any atom is -0.480 e. The first-order valence-electron chi connectivity index (χ1n) is 6.38. The van der Waals surface area contributed by atoms with Gasteiger partial charge in [-0.3, -0.25) is 9.69 Å². The van der Waals surface area contributed by atoms with Crippen LogP contribution in [0.5, 0.6) is 0 Å². The van der Waals surface area contributed by atoms with Crippen LogP contribution in [0.1, 0.15) is 12.5 Å². The maximum absolute atomic E-state index is 12.8. The summed E-state index contributed by atoms with van der Waals surface area (Å²) in [5, 5.41) is 9.19. The Morgan fingerprint density at radius 2 is 2.21 bits per heavy atom. The van der Waals surface area contributed by atoms with Crippen LogP contribution in [-0.4, -0.2) is 47.8 Å². The number of aliphatic carboxylic acids is 1. The molecule has 1 aromatic carbocycles. The van der Waals surface area contributed by atoms with Crippen LogP contribution in [0.15, 0.2) is 24.3 Å². The number of morpholine rings is 1. The van der Waals surface area contributed by atoms with E-state index in [-0.39, 0.29) is 18.5 Å². The number of benzene rings is 1. The summed E-state index contributed by atoms with van der Waals surface area (Å²) in [6, 6.07) is 5.82. The first-order chi connectivity index (χ1) is 9.08. The number of hydrogen-bond donors (Lipinski definition) is 1. The Morgan fingerprint density at radius 1 is 1.53 bits per heavy atom. The third-order valence-corrected chi connectivity index (χ3v) is 3.47. The number of halogens is 1. The van der Waals surface area contributed by atoms with E-state index in [1.807, 2.05) is 11.8 Å². The number of ether oxygens (including phenoxy) is 1.